The van der Waals surface area contributed by atoms with Crippen molar-refractivity contribution in [1.82, 2.24) is 15.5 Å². The first kappa shape index (κ1) is 18.9. The van der Waals surface area contributed by atoms with E-state index in [1.807, 2.05) is 37.3 Å². The minimum Gasteiger partial charge on any atom is -0.338 e. The SMILES string of the molecule is CC(NC(=O)NC1CCN(C(=O)c2ccccc2F)CC1)c1ccccc1. The Morgan fingerprint density at radius 3 is 2.33 bits per heavy atom. The number of hydrogen-bond acceptors (Lipinski definition) is 2. The Labute approximate surface area is 158 Å². The van der Waals surface area contributed by atoms with Gasteiger partial charge in [-0.3, -0.25) is 4.79 Å². The molecule has 27 heavy (non-hydrogen) atoms. The molecule has 1 aliphatic rings. The lowest BCUT2D eigenvalue weighted by molar-refractivity contribution is 0.0703. The van der Waals surface area contributed by atoms with E-state index in [-0.39, 0.29) is 29.6 Å². The molecule has 142 valence electrons. The van der Waals surface area contributed by atoms with Crippen LogP contribution in [0.5, 0.6) is 0 Å². The van der Waals surface area contributed by atoms with E-state index in [1.54, 1.807) is 17.0 Å². The molecule has 6 heteroatoms. The summed E-state index contributed by atoms with van der Waals surface area (Å²) in [5.74, 6) is -0.800. The molecular weight excluding hydrogens is 345 g/mol. The predicted molar refractivity (Wildman–Crippen MR) is 102 cm³/mol. The molecule has 1 heterocycles. The maximum Gasteiger partial charge on any atom is 0.315 e. The second-order valence-corrected chi connectivity index (χ2v) is 6.80. The van der Waals surface area contributed by atoms with Gasteiger partial charge in [-0.25, -0.2) is 9.18 Å². The number of piperidine rings is 1. The highest BCUT2D eigenvalue weighted by Crippen LogP contribution is 2.16. The van der Waals surface area contributed by atoms with Crippen LogP contribution in [0.25, 0.3) is 0 Å². The van der Waals surface area contributed by atoms with Crippen molar-refractivity contribution < 1.29 is 14.0 Å². The van der Waals surface area contributed by atoms with Crippen LogP contribution in [0.15, 0.2) is 54.6 Å². The van der Waals surface area contributed by atoms with Crippen molar-refractivity contribution in [2.24, 2.45) is 0 Å². The second-order valence-electron chi connectivity index (χ2n) is 6.80. The largest absolute Gasteiger partial charge is 0.338 e. The van der Waals surface area contributed by atoms with Crippen molar-refractivity contribution in [3.8, 4) is 0 Å². The van der Waals surface area contributed by atoms with E-state index in [0.717, 1.165) is 5.56 Å². The fourth-order valence-electron chi connectivity index (χ4n) is 3.28. The quantitative estimate of drug-likeness (QED) is 0.867. The van der Waals surface area contributed by atoms with Crippen LogP contribution in [0.4, 0.5) is 9.18 Å². The van der Waals surface area contributed by atoms with E-state index < -0.39 is 5.82 Å². The first-order chi connectivity index (χ1) is 13.0. The van der Waals surface area contributed by atoms with E-state index >= 15 is 0 Å². The summed E-state index contributed by atoms with van der Waals surface area (Å²) >= 11 is 0. The van der Waals surface area contributed by atoms with Gasteiger partial charge in [-0.2, -0.15) is 0 Å². The highest BCUT2D eigenvalue weighted by Gasteiger charge is 2.26. The molecule has 1 fully saturated rings. The highest BCUT2D eigenvalue weighted by atomic mass is 19.1. The third-order valence-electron chi connectivity index (χ3n) is 4.87. The first-order valence-electron chi connectivity index (χ1n) is 9.20. The number of amides is 3. The zero-order valence-corrected chi connectivity index (χ0v) is 15.3. The Hall–Kier alpha value is -2.89. The van der Waals surface area contributed by atoms with Gasteiger partial charge >= 0.3 is 6.03 Å². The van der Waals surface area contributed by atoms with Crippen LogP contribution in [0.3, 0.4) is 0 Å². The summed E-state index contributed by atoms with van der Waals surface area (Å²) < 4.78 is 13.8. The number of likely N-dealkylation sites (tertiary alicyclic amines) is 1. The summed E-state index contributed by atoms with van der Waals surface area (Å²) in [6.45, 7) is 2.92. The fraction of sp³-hybridized carbons (Fsp3) is 0.333. The first-order valence-corrected chi connectivity index (χ1v) is 9.20. The smallest absolute Gasteiger partial charge is 0.315 e. The van der Waals surface area contributed by atoms with Crippen molar-refractivity contribution in [2.45, 2.75) is 31.8 Å². The van der Waals surface area contributed by atoms with Crippen molar-refractivity contribution >= 4 is 11.9 Å². The summed E-state index contributed by atoms with van der Waals surface area (Å²) in [5, 5.41) is 5.90. The molecule has 3 amide bonds. The number of benzene rings is 2. The molecule has 1 unspecified atom stereocenters. The highest BCUT2D eigenvalue weighted by molar-refractivity contribution is 5.94. The second kappa shape index (κ2) is 8.66. The molecule has 0 spiro atoms. The van der Waals surface area contributed by atoms with E-state index in [2.05, 4.69) is 10.6 Å². The van der Waals surface area contributed by atoms with E-state index in [0.29, 0.717) is 25.9 Å². The summed E-state index contributed by atoms with van der Waals surface area (Å²) in [5.41, 5.74) is 1.14. The lowest BCUT2D eigenvalue weighted by Gasteiger charge is -2.32. The van der Waals surface area contributed by atoms with Gasteiger partial charge in [-0.15, -0.1) is 0 Å². The Bertz CT molecular complexity index is 789. The van der Waals surface area contributed by atoms with E-state index in [1.165, 1.54) is 12.1 Å². The van der Waals surface area contributed by atoms with Crippen LogP contribution in [-0.4, -0.2) is 36.0 Å². The Kier molecular flexibility index (Phi) is 6.06. The monoisotopic (exact) mass is 369 g/mol. The zero-order chi connectivity index (χ0) is 19.2. The van der Waals surface area contributed by atoms with Crippen LogP contribution >= 0.6 is 0 Å². The molecular formula is C21H24FN3O2. The molecule has 0 saturated carbocycles. The average molecular weight is 369 g/mol. The number of hydrogen-bond donors (Lipinski definition) is 2. The van der Waals surface area contributed by atoms with Crippen LogP contribution < -0.4 is 10.6 Å². The van der Waals surface area contributed by atoms with E-state index in [4.69, 9.17) is 0 Å². The van der Waals surface area contributed by atoms with Crippen molar-refractivity contribution in [2.75, 3.05) is 13.1 Å². The molecule has 2 N–H and O–H groups in total. The lowest BCUT2D eigenvalue weighted by Crippen LogP contribution is -2.49. The Morgan fingerprint density at radius 2 is 1.67 bits per heavy atom. The fourth-order valence-corrected chi connectivity index (χ4v) is 3.28. The van der Waals surface area contributed by atoms with Crippen LogP contribution in [-0.2, 0) is 0 Å². The number of carbonyl (C=O) groups is 2. The van der Waals surface area contributed by atoms with Crippen molar-refractivity contribution in [1.29, 1.82) is 0 Å². The topological polar surface area (TPSA) is 61.4 Å². The maximum absolute atomic E-state index is 13.8. The predicted octanol–water partition coefficient (Wildman–Crippen LogP) is 3.49. The molecule has 2 aromatic rings. The number of carbonyl (C=O) groups excluding carboxylic acids is 2. The number of nitrogens with one attached hydrogen (secondary N) is 2. The Morgan fingerprint density at radius 1 is 1.04 bits per heavy atom. The maximum atomic E-state index is 13.8. The Balaban J connectivity index is 1.47. The summed E-state index contributed by atoms with van der Waals surface area (Å²) in [7, 11) is 0. The third kappa shape index (κ3) is 4.84. The normalized spacial score (nSPS) is 15.9. The standard InChI is InChI=1S/C21H24FN3O2/c1-15(16-7-3-2-4-8-16)23-21(27)24-17-11-13-25(14-12-17)20(26)18-9-5-6-10-19(18)22/h2-10,15,17H,11-14H2,1H3,(H2,23,24,27). The van der Waals surface area contributed by atoms with Gasteiger partial charge in [0.25, 0.3) is 5.91 Å². The van der Waals surface area contributed by atoms with Crippen molar-refractivity contribution in [3.05, 3.63) is 71.5 Å². The van der Waals surface area contributed by atoms with E-state index in [9.17, 15) is 14.0 Å². The molecule has 3 rings (SSSR count). The van der Waals surface area contributed by atoms with Gasteiger partial charge in [0.2, 0.25) is 0 Å². The lowest BCUT2D eigenvalue weighted by atomic mass is 10.0. The van der Waals surface area contributed by atoms with Gasteiger partial charge in [0.1, 0.15) is 5.82 Å². The number of nitrogens with zero attached hydrogens (tertiary/aromatic N) is 1. The van der Waals surface area contributed by atoms with Gasteiger partial charge in [-0.05, 0) is 37.5 Å². The minimum atomic E-state index is -0.503. The van der Waals surface area contributed by atoms with Crippen LogP contribution in [0.2, 0.25) is 0 Å². The molecule has 0 bridgehead atoms. The van der Waals surface area contributed by atoms with Gasteiger partial charge in [0, 0.05) is 19.1 Å². The van der Waals surface area contributed by atoms with Gasteiger partial charge in [0.15, 0.2) is 0 Å². The van der Waals surface area contributed by atoms with Gasteiger partial charge in [0.05, 0.1) is 11.6 Å². The number of halogens is 1. The van der Waals surface area contributed by atoms with Crippen LogP contribution in [0, 0.1) is 5.82 Å². The van der Waals surface area contributed by atoms with Gasteiger partial charge in [-0.1, -0.05) is 42.5 Å². The summed E-state index contributed by atoms with van der Waals surface area (Å²) in [4.78, 5) is 26.3. The number of urea groups is 1. The van der Waals surface area contributed by atoms with Crippen molar-refractivity contribution in [3.63, 3.8) is 0 Å². The molecule has 0 aromatic heterocycles. The van der Waals surface area contributed by atoms with Gasteiger partial charge < -0.3 is 15.5 Å². The third-order valence-corrected chi connectivity index (χ3v) is 4.87. The zero-order valence-electron chi connectivity index (χ0n) is 15.3. The molecule has 1 atom stereocenters. The summed E-state index contributed by atoms with van der Waals surface area (Å²) in [6.07, 6.45) is 1.29. The molecule has 0 radical (unpaired) electrons. The molecule has 1 saturated heterocycles. The molecule has 1 aliphatic heterocycles. The average Bonchev–Trinajstić information content (AvgIpc) is 2.69. The van der Waals surface area contributed by atoms with Crippen LogP contribution in [0.1, 0.15) is 41.7 Å². The molecule has 5 nitrogen and oxygen atoms in total. The minimum absolute atomic E-state index is 0.00218. The number of rotatable bonds is 4. The molecule has 0 aliphatic carbocycles. The molecule has 2 aromatic carbocycles. The summed E-state index contributed by atoms with van der Waals surface area (Å²) in [6, 6.07) is 15.5.